The minimum absolute atomic E-state index is 0. The zero-order valence-corrected chi connectivity index (χ0v) is 42.7. The van der Waals surface area contributed by atoms with E-state index in [0.29, 0.717) is 39.7 Å². The summed E-state index contributed by atoms with van der Waals surface area (Å²) in [5.74, 6) is -1.75. The van der Waals surface area contributed by atoms with E-state index in [2.05, 4.69) is 37.0 Å². The van der Waals surface area contributed by atoms with E-state index in [4.69, 9.17) is 34.6 Å². The van der Waals surface area contributed by atoms with Gasteiger partial charge in [-0.1, -0.05) is 198 Å². The number of phenols is 1. The fourth-order valence-electron chi connectivity index (χ4n) is 8.97. The number of aromatic nitrogens is 3. The maximum absolute atomic E-state index is 13.2. The number of pyridine rings is 1. The monoisotopic (exact) mass is 1110 g/mol. The van der Waals surface area contributed by atoms with Gasteiger partial charge in [0.25, 0.3) is 0 Å². The molecule has 0 spiro atoms. The molecule has 6 heteroatoms. The summed E-state index contributed by atoms with van der Waals surface area (Å²) in [6.07, 6.45) is 3.80. The van der Waals surface area contributed by atoms with Crippen molar-refractivity contribution in [1.29, 1.82) is 0 Å². The summed E-state index contributed by atoms with van der Waals surface area (Å²) < 4.78 is 161. The van der Waals surface area contributed by atoms with Crippen LogP contribution in [0.5, 0.6) is 5.75 Å². The molecule has 9 rings (SSSR count). The van der Waals surface area contributed by atoms with E-state index in [1.54, 1.807) is 35.0 Å². The molecule has 8 aromatic rings. The molecule has 0 radical (unpaired) electrons. The molecule has 1 aliphatic heterocycles. The van der Waals surface area contributed by atoms with Gasteiger partial charge in [-0.2, -0.15) is 0 Å². The maximum atomic E-state index is 13.2. The number of hydrogen-bond acceptors (Lipinski definition) is 3. The van der Waals surface area contributed by atoms with Crippen LogP contribution >= 0.6 is 0 Å². The average Bonchev–Trinajstić information content (AvgIpc) is 0.858. The predicted octanol–water partition coefficient (Wildman–Crippen LogP) is 15.9. The van der Waals surface area contributed by atoms with Gasteiger partial charge in [-0.25, -0.2) is 4.98 Å². The van der Waals surface area contributed by atoms with Gasteiger partial charge in [-0.05, 0) is 90.6 Å². The summed E-state index contributed by atoms with van der Waals surface area (Å²) in [6.45, 7) is -7.91. The summed E-state index contributed by atoms with van der Waals surface area (Å²) in [5.41, 5.74) is -1.47. The zero-order valence-electron chi connectivity index (χ0n) is 57.4. The standard InChI is InChI=1S/C62H66N3OSi.Pt/c1-59(2,3)45-25-26-53(49(36-45)42-24-23-40-28-30-67(13,14)55(40)35-42)65-54-22-18-21-48(56(54)64-58(65)50-37-47(61(7,8)9)38-51(57(50)66)62(10,11)12)43-31-44(33-46(32-43)60(4,5)6)52-34-41(27-29-63-52)39-19-16-15-17-20-39;/h15-30,32-38,66H,1-14H3;/q-1;/i7D3,8D3,9D3,10D3,11D3,12D3;. The molecule has 2 aromatic heterocycles. The second kappa shape index (κ2) is 17.4. The number of rotatable bonds is 6. The van der Waals surface area contributed by atoms with Gasteiger partial charge in [0.2, 0.25) is 0 Å². The summed E-state index contributed by atoms with van der Waals surface area (Å²) in [5, 5.41) is 14.3. The number of hydrogen-bond donors (Lipinski definition) is 1. The van der Waals surface area contributed by atoms with Gasteiger partial charge in [0.15, 0.2) is 0 Å². The molecule has 4 nitrogen and oxygen atoms in total. The third-order valence-electron chi connectivity index (χ3n) is 12.9. The molecule has 6 aromatic carbocycles. The van der Waals surface area contributed by atoms with Crippen molar-refractivity contribution in [2.75, 3.05) is 0 Å². The first-order valence-corrected chi connectivity index (χ1v) is 25.5. The van der Waals surface area contributed by atoms with E-state index >= 15 is 0 Å². The Morgan fingerprint density at radius 2 is 1.29 bits per heavy atom. The van der Waals surface area contributed by atoms with Crippen LogP contribution in [0.2, 0.25) is 13.1 Å². The number of aromatic hydroxyl groups is 1. The Balaban J connectivity index is 0.00000961. The van der Waals surface area contributed by atoms with Crippen LogP contribution in [0, 0.1) is 6.07 Å². The topological polar surface area (TPSA) is 50.9 Å². The first-order valence-electron chi connectivity index (χ1n) is 31.4. The summed E-state index contributed by atoms with van der Waals surface area (Å²) in [6, 6.07) is 39.2. The maximum Gasteiger partial charge on any atom is 0.148 e. The van der Waals surface area contributed by atoms with Gasteiger partial charge in [-0.15, -0.1) is 29.3 Å². The predicted molar refractivity (Wildman–Crippen MR) is 287 cm³/mol. The number of phenolic OH excluding ortho intramolecular Hbond substituents is 1. The molecule has 1 aliphatic rings. The summed E-state index contributed by atoms with van der Waals surface area (Å²) in [4.78, 5) is 10.1. The van der Waals surface area contributed by atoms with E-state index in [0.717, 1.165) is 44.6 Å². The van der Waals surface area contributed by atoms with Crippen molar-refractivity contribution < 1.29 is 50.8 Å². The van der Waals surface area contributed by atoms with Crippen LogP contribution in [-0.2, 0) is 42.7 Å². The molecule has 350 valence electrons. The van der Waals surface area contributed by atoms with Crippen molar-refractivity contribution in [2.24, 2.45) is 0 Å². The summed E-state index contributed by atoms with van der Waals surface area (Å²) >= 11 is 0. The fourth-order valence-corrected chi connectivity index (χ4v) is 11.2. The van der Waals surface area contributed by atoms with E-state index < -0.39 is 99.1 Å². The Morgan fingerprint density at radius 1 is 0.603 bits per heavy atom. The zero-order chi connectivity index (χ0) is 63.0. The van der Waals surface area contributed by atoms with Crippen molar-refractivity contribution in [3.05, 3.63) is 167 Å². The molecule has 0 amide bonds. The average molecular weight is 1110 g/mol. The van der Waals surface area contributed by atoms with Crippen LogP contribution in [-0.4, -0.2) is 27.7 Å². The van der Waals surface area contributed by atoms with Gasteiger partial charge in [0.05, 0.1) is 22.3 Å². The second-order valence-corrected chi connectivity index (χ2v) is 24.8. The van der Waals surface area contributed by atoms with Crippen LogP contribution in [0.3, 0.4) is 0 Å². The van der Waals surface area contributed by atoms with Gasteiger partial charge in [-0.3, -0.25) is 9.55 Å². The first-order chi connectivity index (χ1) is 38.9. The van der Waals surface area contributed by atoms with Crippen molar-refractivity contribution in [1.82, 2.24) is 14.5 Å². The van der Waals surface area contributed by atoms with Crippen molar-refractivity contribution >= 4 is 30.4 Å². The number of para-hydroxylation sites is 1. The van der Waals surface area contributed by atoms with Crippen molar-refractivity contribution in [3.8, 4) is 67.5 Å². The second-order valence-electron chi connectivity index (χ2n) is 20.4. The van der Waals surface area contributed by atoms with Crippen LogP contribution in [0.1, 0.15) is 135 Å². The van der Waals surface area contributed by atoms with Gasteiger partial charge in [0.1, 0.15) is 19.6 Å². The van der Waals surface area contributed by atoms with Crippen LogP contribution < -0.4 is 5.19 Å². The van der Waals surface area contributed by atoms with Crippen LogP contribution in [0.25, 0.3) is 78.8 Å². The van der Waals surface area contributed by atoms with Crippen LogP contribution in [0.15, 0.2) is 133 Å². The fraction of sp³-hybridized carbons (Fsp3) is 0.290. The number of imidazole rings is 1. The number of benzene rings is 6. The Labute approximate surface area is 446 Å². The van der Waals surface area contributed by atoms with E-state index in [1.165, 1.54) is 0 Å². The van der Waals surface area contributed by atoms with Gasteiger partial charge in [0, 0.05) is 68.8 Å². The molecule has 0 fully saturated rings. The van der Waals surface area contributed by atoms with E-state index in [-0.39, 0.29) is 32.1 Å². The molecule has 0 atom stereocenters. The quantitative estimate of drug-likeness (QED) is 0.133. The Bertz CT molecular complexity index is 3880. The molecule has 0 bridgehead atoms. The smallest absolute Gasteiger partial charge is 0.148 e. The minimum atomic E-state index is -4.15. The molecular weight excluding hydrogens is 1030 g/mol. The number of nitrogens with zero attached hydrogens (tertiary/aromatic N) is 3. The molecule has 1 N–H and O–H groups in total. The third-order valence-corrected chi connectivity index (χ3v) is 15.7. The minimum Gasteiger partial charge on any atom is -0.507 e. The molecule has 0 unspecified atom stereocenters. The molecular formula is C62H66N3OPtSi-. The molecule has 3 heterocycles. The largest absolute Gasteiger partial charge is 0.507 e. The Kier molecular flexibility index (Phi) is 7.88. The SMILES string of the molecule is [2H]C([2H])([2H])C(c1cc(-c2nc3c(-c4[c-]c(-c5cc(-c6ccccc6)ccn5)cc(C(C)(C)C)c4)cccc3n2-c2ccc(C(C)(C)C)cc2-c2ccc3c(c2)[Si](C)(C)C=C3)c(O)c(C(C([2H])([2H])[2H])(C([2H])([2H])[2H])C([2H])([2H])[2H])c1)(C([2H])([2H])[2H])C([2H])([2H])[2H].[Pt]. The molecule has 0 aliphatic carbocycles. The molecule has 68 heavy (non-hydrogen) atoms. The van der Waals surface area contributed by atoms with Gasteiger partial charge < -0.3 is 5.11 Å². The number of fused-ring (bicyclic) bond motifs is 2. The van der Waals surface area contributed by atoms with E-state index in [9.17, 15) is 5.11 Å². The first kappa shape index (κ1) is 30.8. The van der Waals surface area contributed by atoms with Gasteiger partial charge >= 0.3 is 0 Å². The Morgan fingerprint density at radius 3 is 2.00 bits per heavy atom. The van der Waals surface area contributed by atoms with Crippen LogP contribution in [0.4, 0.5) is 0 Å². The molecule has 0 saturated heterocycles. The molecule has 0 saturated carbocycles. The normalized spacial score (nSPS) is 18.8. The van der Waals surface area contributed by atoms with E-state index in [1.807, 2.05) is 120 Å². The Hall–Kier alpha value is -5.61. The van der Waals surface area contributed by atoms with Crippen molar-refractivity contribution in [3.63, 3.8) is 0 Å². The summed E-state index contributed by atoms with van der Waals surface area (Å²) in [7, 11) is -2.14. The third kappa shape index (κ3) is 9.17. The van der Waals surface area contributed by atoms with Crippen molar-refractivity contribution in [2.45, 2.75) is 117 Å².